The van der Waals surface area contributed by atoms with Gasteiger partial charge in [-0.25, -0.2) is 4.98 Å². The Labute approximate surface area is 111 Å². The lowest BCUT2D eigenvalue weighted by Gasteiger charge is -2.22. The molecule has 0 spiro atoms. The number of amides is 1. The van der Waals surface area contributed by atoms with Gasteiger partial charge in [-0.1, -0.05) is 0 Å². The van der Waals surface area contributed by atoms with E-state index in [-0.39, 0.29) is 11.9 Å². The molecule has 0 saturated carbocycles. The highest BCUT2D eigenvalue weighted by Gasteiger charge is 2.32. The standard InChI is InChI=1S/C14H14N4O/c1-9-6-10-7-11(15)2-3-13(10)18(9)14(19)12-8-16-4-5-17-12/h2-5,7-9H,6,15H2,1H3. The fraction of sp³-hybridized carbons (Fsp3) is 0.214. The summed E-state index contributed by atoms with van der Waals surface area (Å²) in [5.74, 6) is -0.121. The van der Waals surface area contributed by atoms with Crippen molar-refractivity contribution in [2.24, 2.45) is 0 Å². The van der Waals surface area contributed by atoms with E-state index in [1.165, 1.54) is 12.4 Å². The Balaban J connectivity index is 2.01. The second-order valence-corrected chi connectivity index (χ2v) is 4.71. The molecule has 1 unspecified atom stereocenters. The molecule has 5 nitrogen and oxygen atoms in total. The van der Waals surface area contributed by atoms with E-state index in [1.807, 2.05) is 25.1 Å². The van der Waals surface area contributed by atoms with E-state index in [1.54, 1.807) is 11.1 Å². The van der Waals surface area contributed by atoms with Crippen LogP contribution in [0.2, 0.25) is 0 Å². The summed E-state index contributed by atoms with van der Waals surface area (Å²) >= 11 is 0. The predicted octanol–water partition coefficient (Wildman–Crippen LogP) is 1.65. The maximum absolute atomic E-state index is 12.5. The molecule has 2 N–H and O–H groups in total. The molecule has 0 fully saturated rings. The summed E-state index contributed by atoms with van der Waals surface area (Å²) in [6.07, 6.45) is 5.38. The van der Waals surface area contributed by atoms with Gasteiger partial charge in [-0.2, -0.15) is 0 Å². The SMILES string of the molecule is CC1Cc2cc(N)ccc2N1C(=O)c1cnccn1. The molecule has 1 aliphatic rings. The number of nitrogen functional groups attached to an aromatic ring is 1. The maximum atomic E-state index is 12.5. The van der Waals surface area contributed by atoms with Crippen molar-refractivity contribution in [1.29, 1.82) is 0 Å². The monoisotopic (exact) mass is 254 g/mol. The van der Waals surface area contributed by atoms with Gasteiger partial charge in [0.2, 0.25) is 0 Å². The Bertz CT molecular complexity index is 627. The predicted molar refractivity (Wildman–Crippen MR) is 72.9 cm³/mol. The highest BCUT2D eigenvalue weighted by atomic mass is 16.2. The van der Waals surface area contributed by atoms with Crippen LogP contribution < -0.4 is 10.6 Å². The lowest BCUT2D eigenvalue weighted by Crippen LogP contribution is -2.36. The molecule has 1 aromatic carbocycles. The zero-order chi connectivity index (χ0) is 13.4. The van der Waals surface area contributed by atoms with Gasteiger partial charge in [-0.15, -0.1) is 0 Å². The number of benzene rings is 1. The van der Waals surface area contributed by atoms with Gasteiger partial charge in [0.25, 0.3) is 5.91 Å². The van der Waals surface area contributed by atoms with Crippen LogP contribution in [0.3, 0.4) is 0 Å². The summed E-state index contributed by atoms with van der Waals surface area (Å²) in [6, 6.07) is 5.73. The molecular weight excluding hydrogens is 240 g/mol. The second-order valence-electron chi connectivity index (χ2n) is 4.71. The summed E-state index contributed by atoms with van der Waals surface area (Å²) in [5.41, 5.74) is 8.88. The first kappa shape index (κ1) is 11.6. The van der Waals surface area contributed by atoms with Crippen LogP contribution in [0.25, 0.3) is 0 Å². The largest absolute Gasteiger partial charge is 0.399 e. The van der Waals surface area contributed by atoms with E-state index in [9.17, 15) is 4.79 Å². The number of nitrogens with two attached hydrogens (primary N) is 1. The average Bonchev–Trinajstić information content (AvgIpc) is 2.74. The second kappa shape index (κ2) is 4.35. The van der Waals surface area contributed by atoms with E-state index in [0.717, 1.165) is 23.4 Å². The van der Waals surface area contributed by atoms with E-state index < -0.39 is 0 Å². The lowest BCUT2D eigenvalue weighted by molar-refractivity contribution is 0.0976. The van der Waals surface area contributed by atoms with Crippen LogP contribution in [0.5, 0.6) is 0 Å². The molecule has 2 aromatic rings. The van der Waals surface area contributed by atoms with Gasteiger partial charge in [0.05, 0.1) is 6.20 Å². The van der Waals surface area contributed by atoms with Crippen LogP contribution in [-0.2, 0) is 6.42 Å². The molecule has 1 amide bonds. The van der Waals surface area contributed by atoms with Crippen LogP contribution in [0.1, 0.15) is 23.0 Å². The quantitative estimate of drug-likeness (QED) is 0.785. The Morgan fingerprint density at radius 2 is 2.26 bits per heavy atom. The van der Waals surface area contributed by atoms with Gasteiger partial charge in [0.15, 0.2) is 0 Å². The third-order valence-electron chi connectivity index (χ3n) is 3.32. The molecular formula is C14H14N4O. The summed E-state index contributed by atoms with van der Waals surface area (Å²) in [5, 5.41) is 0. The Hall–Kier alpha value is -2.43. The third-order valence-corrected chi connectivity index (χ3v) is 3.32. The highest BCUT2D eigenvalue weighted by molar-refractivity contribution is 6.06. The number of nitrogens with zero attached hydrogens (tertiary/aromatic N) is 3. The van der Waals surface area contributed by atoms with Crippen LogP contribution >= 0.6 is 0 Å². The minimum atomic E-state index is -0.121. The fourth-order valence-electron chi connectivity index (χ4n) is 2.49. The number of rotatable bonds is 1. The summed E-state index contributed by atoms with van der Waals surface area (Å²) in [6.45, 7) is 2.02. The first-order chi connectivity index (χ1) is 9.16. The minimum Gasteiger partial charge on any atom is -0.399 e. The molecule has 3 rings (SSSR count). The molecule has 1 aromatic heterocycles. The summed E-state index contributed by atoms with van der Waals surface area (Å²) < 4.78 is 0. The van der Waals surface area contributed by atoms with E-state index >= 15 is 0 Å². The zero-order valence-electron chi connectivity index (χ0n) is 10.6. The average molecular weight is 254 g/mol. The third kappa shape index (κ3) is 1.93. The van der Waals surface area contributed by atoms with E-state index in [4.69, 9.17) is 5.73 Å². The molecule has 2 heterocycles. The molecule has 0 saturated heterocycles. The number of hydrogen-bond donors (Lipinski definition) is 1. The molecule has 19 heavy (non-hydrogen) atoms. The summed E-state index contributed by atoms with van der Waals surface area (Å²) in [7, 11) is 0. The van der Waals surface area contributed by atoms with Crippen molar-refractivity contribution in [2.75, 3.05) is 10.6 Å². The van der Waals surface area contributed by atoms with Gasteiger partial charge in [-0.3, -0.25) is 9.78 Å². The molecule has 1 aliphatic heterocycles. The number of anilines is 2. The first-order valence-corrected chi connectivity index (χ1v) is 6.15. The van der Waals surface area contributed by atoms with Crippen LogP contribution in [0, 0.1) is 0 Å². The fourth-order valence-corrected chi connectivity index (χ4v) is 2.49. The maximum Gasteiger partial charge on any atom is 0.278 e. The van der Waals surface area contributed by atoms with Crippen molar-refractivity contribution >= 4 is 17.3 Å². The lowest BCUT2D eigenvalue weighted by atomic mass is 10.1. The molecule has 96 valence electrons. The van der Waals surface area contributed by atoms with Gasteiger partial charge in [-0.05, 0) is 37.1 Å². The summed E-state index contributed by atoms with van der Waals surface area (Å²) in [4.78, 5) is 22.3. The topological polar surface area (TPSA) is 72.1 Å². The number of carbonyl (C=O) groups excluding carboxylic acids is 1. The normalized spacial score (nSPS) is 17.3. The number of hydrogen-bond acceptors (Lipinski definition) is 4. The van der Waals surface area contributed by atoms with Crippen molar-refractivity contribution in [3.8, 4) is 0 Å². The first-order valence-electron chi connectivity index (χ1n) is 6.15. The minimum absolute atomic E-state index is 0.103. The van der Waals surface area contributed by atoms with Crippen molar-refractivity contribution in [2.45, 2.75) is 19.4 Å². The number of fused-ring (bicyclic) bond motifs is 1. The van der Waals surface area contributed by atoms with Crippen LogP contribution in [-0.4, -0.2) is 21.9 Å². The van der Waals surface area contributed by atoms with Crippen molar-refractivity contribution in [1.82, 2.24) is 9.97 Å². The van der Waals surface area contributed by atoms with Crippen LogP contribution in [0.4, 0.5) is 11.4 Å². The van der Waals surface area contributed by atoms with E-state index in [0.29, 0.717) is 5.69 Å². The molecule has 0 radical (unpaired) electrons. The Kier molecular flexibility index (Phi) is 2.67. The number of carbonyl (C=O) groups is 1. The Morgan fingerprint density at radius 1 is 1.42 bits per heavy atom. The van der Waals surface area contributed by atoms with Crippen molar-refractivity contribution < 1.29 is 4.79 Å². The van der Waals surface area contributed by atoms with Crippen molar-refractivity contribution in [3.05, 3.63) is 48.0 Å². The van der Waals surface area contributed by atoms with Crippen LogP contribution in [0.15, 0.2) is 36.8 Å². The molecule has 0 aliphatic carbocycles. The molecule has 5 heteroatoms. The smallest absolute Gasteiger partial charge is 0.278 e. The number of aromatic nitrogens is 2. The van der Waals surface area contributed by atoms with Crippen molar-refractivity contribution in [3.63, 3.8) is 0 Å². The van der Waals surface area contributed by atoms with Gasteiger partial charge in [0.1, 0.15) is 5.69 Å². The van der Waals surface area contributed by atoms with Gasteiger partial charge < -0.3 is 10.6 Å². The van der Waals surface area contributed by atoms with Gasteiger partial charge in [0, 0.05) is 29.8 Å². The molecule has 0 bridgehead atoms. The zero-order valence-corrected chi connectivity index (χ0v) is 10.6. The Morgan fingerprint density at radius 3 is 3.00 bits per heavy atom. The molecule has 1 atom stereocenters. The highest BCUT2D eigenvalue weighted by Crippen LogP contribution is 2.34. The van der Waals surface area contributed by atoms with Gasteiger partial charge >= 0.3 is 0 Å². The van der Waals surface area contributed by atoms with E-state index in [2.05, 4.69) is 9.97 Å².